The van der Waals surface area contributed by atoms with E-state index >= 15 is 0 Å². The van der Waals surface area contributed by atoms with Crippen LogP contribution in [0.15, 0.2) is 0 Å². The zero-order valence-electron chi connectivity index (χ0n) is 10.6. The summed E-state index contributed by atoms with van der Waals surface area (Å²) in [6.45, 7) is 8.99. The van der Waals surface area contributed by atoms with Crippen LogP contribution in [0.2, 0.25) is 0 Å². The second-order valence-corrected chi connectivity index (χ2v) is 5.26. The number of ether oxygens (including phenoxy) is 1. The summed E-state index contributed by atoms with van der Waals surface area (Å²) < 4.78 is 5.63. The zero-order valence-corrected chi connectivity index (χ0v) is 10.6. The minimum absolute atomic E-state index is 0.526. The van der Waals surface area contributed by atoms with E-state index in [4.69, 9.17) is 4.74 Å². The van der Waals surface area contributed by atoms with E-state index in [-0.39, 0.29) is 0 Å². The van der Waals surface area contributed by atoms with Crippen molar-refractivity contribution in [1.82, 2.24) is 5.32 Å². The second-order valence-electron chi connectivity index (χ2n) is 5.26. The quantitative estimate of drug-likeness (QED) is 0.656. The summed E-state index contributed by atoms with van der Waals surface area (Å²) in [5.41, 5.74) is 0. The van der Waals surface area contributed by atoms with Crippen molar-refractivity contribution in [3.8, 4) is 0 Å². The van der Waals surface area contributed by atoms with Gasteiger partial charge in [-0.3, -0.25) is 0 Å². The summed E-state index contributed by atoms with van der Waals surface area (Å²) in [7, 11) is 0. The zero-order chi connectivity index (χ0) is 11.1. The lowest BCUT2D eigenvalue weighted by Gasteiger charge is -2.17. The second kappa shape index (κ2) is 7.24. The molecule has 0 saturated carbocycles. The summed E-state index contributed by atoms with van der Waals surface area (Å²) >= 11 is 0. The third-order valence-corrected chi connectivity index (χ3v) is 3.09. The molecule has 1 fully saturated rings. The van der Waals surface area contributed by atoms with E-state index in [0.29, 0.717) is 12.1 Å². The Labute approximate surface area is 94.8 Å². The van der Waals surface area contributed by atoms with Gasteiger partial charge in [-0.15, -0.1) is 0 Å². The van der Waals surface area contributed by atoms with Gasteiger partial charge in [0.1, 0.15) is 0 Å². The fourth-order valence-corrected chi connectivity index (χ4v) is 2.17. The van der Waals surface area contributed by atoms with Crippen LogP contribution in [-0.2, 0) is 4.74 Å². The lowest BCUT2D eigenvalue weighted by Crippen LogP contribution is -2.30. The van der Waals surface area contributed by atoms with Crippen LogP contribution in [0.3, 0.4) is 0 Å². The van der Waals surface area contributed by atoms with E-state index in [1.807, 2.05) is 0 Å². The van der Waals surface area contributed by atoms with Gasteiger partial charge < -0.3 is 10.1 Å². The lowest BCUT2D eigenvalue weighted by atomic mass is 10.1. The number of nitrogens with one attached hydrogen (secondary N) is 1. The Morgan fingerprint density at radius 1 is 1.33 bits per heavy atom. The average molecular weight is 213 g/mol. The first-order chi connectivity index (χ1) is 7.18. The molecule has 0 amide bonds. The minimum atomic E-state index is 0.526. The Balaban J connectivity index is 1.95. The molecule has 1 saturated heterocycles. The molecule has 15 heavy (non-hydrogen) atoms. The summed E-state index contributed by atoms with van der Waals surface area (Å²) in [5.74, 6) is 0.834. The maximum atomic E-state index is 5.63. The Bertz CT molecular complexity index is 153. The van der Waals surface area contributed by atoms with Crippen LogP contribution in [0.25, 0.3) is 0 Å². The molecule has 90 valence electrons. The highest BCUT2D eigenvalue weighted by atomic mass is 16.5. The van der Waals surface area contributed by atoms with Crippen LogP contribution >= 0.6 is 0 Å². The predicted octanol–water partition coefficient (Wildman–Crippen LogP) is 2.97. The first kappa shape index (κ1) is 13.0. The highest BCUT2D eigenvalue weighted by Crippen LogP contribution is 2.16. The Morgan fingerprint density at radius 3 is 2.73 bits per heavy atom. The van der Waals surface area contributed by atoms with Crippen LogP contribution in [-0.4, -0.2) is 25.3 Å². The Morgan fingerprint density at radius 2 is 2.13 bits per heavy atom. The van der Waals surface area contributed by atoms with Gasteiger partial charge in [0.05, 0.1) is 6.10 Å². The molecule has 1 heterocycles. The van der Waals surface area contributed by atoms with Gasteiger partial charge in [0.15, 0.2) is 0 Å². The Kier molecular flexibility index (Phi) is 6.26. The molecule has 2 unspecified atom stereocenters. The average Bonchev–Trinajstić information content (AvgIpc) is 2.64. The molecule has 1 aliphatic rings. The van der Waals surface area contributed by atoms with Gasteiger partial charge in [-0.05, 0) is 51.5 Å². The number of hydrogen-bond donors (Lipinski definition) is 1. The van der Waals surface area contributed by atoms with Gasteiger partial charge >= 0.3 is 0 Å². The molecule has 0 aromatic rings. The summed E-state index contributed by atoms with van der Waals surface area (Å²) in [6.07, 6.45) is 6.86. The third kappa shape index (κ3) is 6.16. The largest absolute Gasteiger partial charge is 0.378 e. The number of rotatable bonds is 7. The van der Waals surface area contributed by atoms with Crippen LogP contribution in [0.4, 0.5) is 0 Å². The van der Waals surface area contributed by atoms with Crippen molar-refractivity contribution >= 4 is 0 Å². The molecule has 0 aromatic heterocycles. The first-order valence-corrected chi connectivity index (χ1v) is 6.53. The normalized spacial score (nSPS) is 23.6. The highest BCUT2D eigenvalue weighted by molar-refractivity contribution is 4.71. The van der Waals surface area contributed by atoms with Crippen LogP contribution in [0.5, 0.6) is 0 Å². The summed E-state index contributed by atoms with van der Waals surface area (Å²) in [4.78, 5) is 0. The van der Waals surface area contributed by atoms with E-state index < -0.39 is 0 Å². The molecule has 2 heteroatoms. The van der Waals surface area contributed by atoms with Crippen molar-refractivity contribution in [2.24, 2.45) is 5.92 Å². The van der Waals surface area contributed by atoms with Gasteiger partial charge in [0, 0.05) is 12.6 Å². The monoisotopic (exact) mass is 213 g/mol. The number of hydrogen-bond acceptors (Lipinski definition) is 2. The standard InChI is InChI=1S/C13H27NO/c1-11(2)6-4-8-14-12(3)10-13-7-5-9-15-13/h11-14H,4-10H2,1-3H3. The van der Waals surface area contributed by atoms with Gasteiger partial charge in [-0.2, -0.15) is 0 Å². The molecule has 1 aliphatic heterocycles. The van der Waals surface area contributed by atoms with Crippen molar-refractivity contribution in [2.75, 3.05) is 13.2 Å². The highest BCUT2D eigenvalue weighted by Gasteiger charge is 2.17. The van der Waals surface area contributed by atoms with Crippen molar-refractivity contribution in [2.45, 2.75) is 65.0 Å². The SMILES string of the molecule is CC(C)CCCNC(C)CC1CCCO1. The van der Waals surface area contributed by atoms with Crippen molar-refractivity contribution < 1.29 is 4.74 Å². The molecule has 2 nitrogen and oxygen atoms in total. The van der Waals surface area contributed by atoms with Crippen molar-refractivity contribution in [3.05, 3.63) is 0 Å². The topological polar surface area (TPSA) is 21.3 Å². The molecular weight excluding hydrogens is 186 g/mol. The molecule has 1 rings (SSSR count). The molecular formula is C13H27NO. The van der Waals surface area contributed by atoms with Crippen LogP contribution < -0.4 is 5.32 Å². The van der Waals surface area contributed by atoms with Crippen molar-refractivity contribution in [3.63, 3.8) is 0 Å². The van der Waals surface area contributed by atoms with E-state index in [1.54, 1.807) is 0 Å². The van der Waals surface area contributed by atoms with Crippen LogP contribution in [0, 0.1) is 5.92 Å². The van der Waals surface area contributed by atoms with E-state index in [1.165, 1.54) is 32.1 Å². The molecule has 0 spiro atoms. The molecule has 0 aliphatic carbocycles. The lowest BCUT2D eigenvalue weighted by molar-refractivity contribution is 0.0963. The Hall–Kier alpha value is -0.0800. The van der Waals surface area contributed by atoms with E-state index in [2.05, 4.69) is 26.1 Å². The van der Waals surface area contributed by atoms with Gasteiger partial charge in [0.2, 0.25) is 0 Å². The van der Waals surface area contributed by atoms with Crippen LogP contribution in [0.1, 0.15) is 52.9 Å². The third-order valence-electron chi connectivity index (χ3n) is 3.09. The summed E-state index contributed by atoms with van der Waals surface area (Å²) in [6, 6.07) is 0.611. The molecule has 0 aromatic carbocycles. The van der Waals surface area contributed by atoms with Gasteiger partial charge in [-0.1, -0.05) is 13.8 Å². The fourth-order valence-electron chi connectivity index (χ4n) is 2.17. The molecule has 1 N–H and O–H groups in total. The van der Waals surface area contributed by atoms with Gasteiger partial charge in [-0.25, -0.2) is 0 Å². The molecule has 0 bridgehead atoms. The first-order valence-electron chi connectivity index (χ1n) is 6.53. The van der Waals surface area contributed by atoms with E-state index in [0.717, 1.165) is 19.1 Å². The fraction of sp³-hybridized carbons (Fsp3) is 1.00. The maximum absolute atomic E-state index is 5.63. The molecule has 0 radical (unpaired) electrons. The van der Waals surface area contributed by atoms with Crippen molar-refractivity contribution in [1.29, 1.82) is 0 Å². The maximum Gasteiger partial charge on any atom is 0.0590 e. The summed E-state index contributed by atoms with van der Waals surface area (Å²) in [5, 5.41) is 3.58. The molecule has 2 atom stereocenters. The predicted molar refractivity (Wildman–Crippen MR) is 65.1 cm³/mol. The smallest absolute Gasteiger partial charge is 0.0590 e. The van der Waals surface area contributed by atoms with Gasteiger partial charge in [0.25, 0.3) is 0 Å². The minimum Gasteiger partial charge on any atom is -0.378 e. The van der Waals surface area contributed by atoms with E-state index in [9.17, 15) is 0 Å².